The van der Waals surface area contributed by atoms with Gasteiger partial charge in [-0.25, -0.2) is 9.78 Å². The van der Waals surface area contributed by atoms with Gasteiger partial charge in [-0.15, -0.1) is 13.2 Å². The van der Waals surface area contributed by atoms with Gasteiger partial charge in [0.15, 0.2) is 5.69 Å². The van der Waals surface area contributed by atoms with Gasteiger partial charge >= 0.3 is 18.5 Å². The minimum atomic E-state index is -5.01. The highest BCUT2D eigenvalue weighted by atomic mass is 19.4. The molecular weight excluding hydrogens is 406 g/mol. The Morgan fingerprint density at radius 2 is 1.72 bits per heavy atom. The number of halogens is 6. The van der Waals surface area contributed by atoms with Gasteiger partial charge in [-0.3, -0.25) is 0 Å². The number of hydrogen-bond donors (Lipinski definition) is 1. The largest absolute Gasteiger partial charge is 0.573 e. The highest BCUT2D eigenvalue weighted by Gasteiger charge is 2.41. The summed E-state index contributed by atoms with van der Waals surface area (Å²) >= 11 is 0. The van der Waals surface area contributed by atoms with E-state index in [4.69, 9.17) is 4.74 Å². The lowest BCUT2D eigenvalue weighted by atomic mass is 10.0. The smallest absolute Gasteiger partial charge is 0.462 e. The number of rotatable bonds is 4. The molecule has 0 bridgehead atoms. The first kappa shape index (κ1) is 22.6. The lowest BCUT2D eigenvalue weighted by Crippen LogP contribution is -2.29. The summed E-state index contributed by atoms with van der Waals surface area (Å²) in [6, 6.07) is 2.66. The van der Waals surface area contributed by atoms with Crippen LogP contribution in [-0.2, 0) is 10.9 Å². The number of aromatic nitrogens is 1. The molecule has 5 nitrogen and oxygen atoms in total. The highest BCUT2D eigenvalue weighted by molar-refractivity contribution is 6.06. The van der Waals surface area contributed by atoms with Crippen molar-refractivity contribution >= 4 is 22.6 Å². The molecule has 11 heteroatoms. The molecule has 1 aromatic heterocycles. The first-order chi connectivity index (χ1) is 13.1. The number of benzene rings is 1. The number of hydrogen-bond acceptors (Lipinski definition) is 5. The van der Waals surface area contributed by atoms with E-state index in [0.29, 0.717) is 0 Å². The number of ether oxygens (including phenoxy) is 2. The maximum Gasteiger partial charge on any atom is 0.573 e. The van der Waals surface area contributed by atoms with Gasteiger partial charge in [-0.1, -0.05) is 0 Å². The van der Waals surface area contributed by atoms with Crippen LogP contribution in [0.3, 0.4) is 0 Å². The highest BCUT2D eigenvalue weighted by Crippen LogP contribution is 2.40. The number of pyridine rings is 1. The van der Waals surface area contributed by atoms with Crippen LogP contribution in [0.1, 0.15) is 43.7 Å². The molecule has 0 aliphatic heterocycles. The van der Waals surface area contributed by atoms with Crippen molar-refractivity contribution in [2.24, 2.45) is 0 Å². The molecule has 0 amide bonds. The molecule has 1 N–H and O–H groups in total. The number of fused-ring (bicyclic) bond motifs is 1. The first-order valence-corrected chi connectivity index (χ1v) is 8.38. The standard InChI is InChI=1S/C18H18F6N2O3/c1-5-28-15(27)12-13(26-16(2,3)4)10-8-9(29-18(22,23)24)6-7-11(10)25-14(12)17(19,20)21/h6-8H,5H2,1-4H3,(H,25,26). The monoisotopic (exact) mass is 424 g/mol. The second kappa shape index (κ2) is 7.60. The fourth-order valence-corrected chi connectivity index (χ4v) is 2.55. The Labute approximate surface area is 162 Å². The molecular formula is C18H18F6N2O3. The second-order valence-corrected chi connectivity index (χ2v) is 7.03. The van der Waals surface area contributed by atoms with Crippen molar-refractivity contribution < 1.29 is 40.6 Å². The summed E-state index contributed by atoms with van der Waals surface area (Å²) in [6.45, 7) is 6.03. The SMILES string of the molecule is CCOC(=O)c1c(C(F)(F)F)nc2ccc(OC(F)(F)F)cc2c1NC(C)(C)C. The Hall–Kier alpha value is -2.72. The van der Waals surface area contributed by atoms with Gasteiger partial charge < -0.3 is 14.8 Å². The molecule has 0 aliphatic carbocycles. The van der Waals surface area contributed by atoms with Gasteiger partial charge in [-0.05, 0) is 45.9 Å². The molecule has 0 atom stereocenters. The number of nitrogens with one attached hydrogen (secondary N) is 1. The predicted molar refractivity (Wildman–Crippen MR) is 92.8 cm³/mol. The van der Waals surface area contributed by atoms with E-state index in [1.54, 1.807) is 20.8 Å². The first-order valence-electron chi connectivity index (χ1n) is 8.38. The third kappa shape index (κ3) is 5.64. The topological polar surface area (TPSA) is 60.5 Å². The Balaban J connectivity index is 2.90. The van der Waals surface area contributed by atoms with Crippen LogP contribution in [-0.4, -0.2) is 29.5 Å². The van der Waals surface area contributed by atoms with Gasteiger partial charge in [0, 0.05) is 10.9 Å². The zero-order valence-corrected chi connectivity index (χ0v) is 15.9. The Morgan fingerprint density at radius 1 is 1.10 bits per heavy atom. The third-order valence-corrected chi connectivity index (χ3v) is 3.44. The van der Waals surface area contributed by atoms with Crippen LogP contribution in [0.15, 0.2) is 18.2 Å². The van der Waals surface area contributed by atoms with Crippen LogP contribution in [0.2, 0.25) is 0 Å². The molecule has 0 saturated carbocycles. The van der Waals surface area contributed by atoms with Crippen LogP contribution >= 0.6 is 0 Å². The van der Waals surface area contributed by atoms with Crippen LogP contribution < -0.4 is 10.1 Å². The van der Waals surface area contributed by atoms with Crippen molar-refractivity contribution in [2.45, 2.75) is 45.8 Å². The number of nitrogens with zero attached hydrogens (tertiary/aromatic N) is 1. The molecule has 0 unspecified atom stereocenters. The summed E-state index contributed by atoms with van der Waals surface area (Å²) in [5.74, 6) is -1.97. The van der Waals surface area contributed by atoms with E-state index < -0.39 is 41.1 Å². The van der Waals surface area contributed by atoms with Crippen molar-refractivity contribution in [3.05, 3.63) is 29.5 Å². The molecule has 1 aromatic carbocycles. The lowest BCUT2D eigenvalue weighted by Gasteiger charge is -2.26. The van der Waals surface area contributed by atoms with E-state index in [2.05, 4.69) is 15.0 Å². The molecule has 2 aromatic rings. The molecule has 1 heterocycles. The zero-order chi connectivity index (χ0) is 22.2. The van der Waals surface area contributed by atoms with Crippen molar-refractivity contribution in [3.8, 4) is 5.75 Å². The molecule has 0 spiro atoms. The van der Waals surface area contributed by atoms with Crippen LogP contribution in [0.4, 0.5) is 32.0 Å². The number of carbonyl (C=O) groups excluding carboxylic acids is 1. The Kier molecular flexibility index (Phi) is 5.91. The minimum absolute atomic E-state index is 0.155. The minimum Gasteiger partial charge on any atom is -0.462 e. The van der Waals surface area contributed by atoms with Gasteiger partial charge in [0.25, 0.3) is 0 Å². The summed E-state index contributed by atoms with van der Waals surface area (Å²) in [5.41, 5.74) is -3.88. The zero-order valence-electron chi connectivity index (χ0n) is 15.9. The van der Waals surface area contributed by atoms with Crippen LogP contribution in [0, 0.1) is 0 Å². The van der Waals surface area contributed by atoms with E-state index >= 15 is 0 Å². The molecule has 0 fully saturated rings. The summed E-state index contributed by atoms with van der Waals surface area (Å²) in [6.07, 6.45) is -10.0. The summed E-state index contributed by atoms with van der Waals surface area (Å²) in [7, 11) is 0. The summed E-state index contributed by atoms with van der Waals surface area (Å²) in [4.78, 5) is 15.8. The fourth-order valence-electron chi connectivity index (χ4n) is 2.55. The maximum absolute atomic E-state index is 13.6. The maximum atomic E-state index is 13.6. The molecule has 0 radical (unpaired) electrons. The summed E-state index contributed by atoms with van der Waals surface area (Å²) in [5, 5.41) is 2.60. The third-order valence-electron chi connectivity index (χ3n) is 3.44. The van der Waals surface area contributed by atoms with Crippen LogP contribution in [0.25, 0.3) is 10.9 Å². The van der Waals surface area contributed by atoms with E-state index in [1.165, 1.54) is 6.92 Å². The van der Waals surface area contributed by atoms with Gasteiger partial charge in [-0.2, -0.15) is 13.2 Å². The number of esters is 1. The van der Waals surface area contributed by atoms with Crippen molar-refractivity contribution in [1.82, 2.24) is 4.98 Å². The summed E-state index contributed by atoms with van der Waals surface area (Å²) < 4.78 is 87.1. The van der Waals surface area contributed by atoms with Crippen LogP contribution in [0.5, 0.6) is 5.75 Å². The van der Waals surface area contributed by atoms with E-state index in [0.717, 1.165) is 18.2 Å². The van der Waals surface area contributed by atoms with Crippen molar-refractivity contribution in [2.75, 3.05) is 11.9 Å². The van der Waals surface area contributed by atoms with Gasteiger partial charge in [0.05, 0.1) is 17.8 Å². The lowest BCUT2D eigenvalue weighted by molar-refractivity contribution is -0.274. The molecule has 160 valence electrons. The van der Waals surface area contributed by atoms with Crippen molar-refractivity contribution in [1.29, 1.82) is 0 Å². The number of carbonyl (C=O) groups is 1. The normalized spacial score (nSPS) is 12.8. The predicted octanol–water partition coefficient (Wildman–Crippen LogP) is 5.54. The van der Waals surface area contributed by atoms with E-state index in [-0.39, 0.29) is 23.2 Å². The average molecular weight is 424 g/mol. The van der Waals surface area contributed by atoms with Gasteiger partial charge in [0.2, 0.25) is 0 Å². The molecule has 29 heavy (non-hydrogen) atoms. The van der Waals surface area contributed by atoms with Gasteiger partial charge in [0.1, 0.15) is 11.3 Å². The quantitative estimate of drug-likeness (QED) is 0.516. The number of anilines is 1. The van der Waals surface area contributed by atoms with Crippen molar-refractivity contribution in [3.63, 3.8) is 0 Å². The number of alkyl halides is 6. The average Bonchev–Trinajstić information content (AvgIpc) is 2.51. The Bertz CT molecular complexity index is 917. The van der Waals surface area contributed by atoms with E-state index in [9.17, 15) is 31.1 Å². The molecule has 0 aliphatic rings. The van der Waals surface area contributed by atoms with E-state index in [1.807, 2.05) is 0 Å². The molecule has 0 saturated heterocycles. The molecule has 2 rings (SSSR count). The fraction of sp³-hybridized carbons (Fsp3) is 0.444. The second-order valence-electron chi connectivity index (χ2n) is 7.03. The Morgan fingerprint density at radius 3 is 2.21 bits per heavy atom.